The fraction of sp³-hybridized carbons (Fsp3) is 0.222. The van der Waals surface area contributed by atoms with Crippen LogP contribution in [0.4, 0.5) is 0 Å². The van der Waals surface area contributed by atoms with Gasteiger partial charge in [0.1, 0.15) is 0 Å². The minimum Gasteiger partial charge on any atom is -0.465 e. The lowest BCUT2D eigenvalue weighted by Crippen LogP contribution is -2.24. The van der Waals surface area contributed by atoms with Gasteiger partial charge in [-0.25, -0.2) is 4.79 Å². The molecule has 1 amide bonds. The van der Waals surface area contributed by atoms with Crippen molar-refractivity contribution in [3.63, 3.8) is 0 Å². The van der Waals surface area contributed by atoms with Crippen LogP contribution in [0.3, 0.4) is 0 Å². The summed E-state index contributed by atoms with van der Waals surface area (Å²) in [5, 5.41) is 2.88. The molecule has 0 fully saturated rings. The van der Waals surface area contributed by atoms with Crippen molar-refractivity contribution in [1.29, 1.82) is 0 Å². The van der Waals surface area contributed by atoms with E-state index in [1.807, 2.05) is 18.2 Å². The number of carbonyl (C=O) groups excluding carboxylic acids is 2. The molecule has 2 aromatic carbocycles. The van der Waals surface area contributed by atoms with E-state index in [1.54, 1.807) is 24.3 Å². The summed E-state index contributed by atoms with van der Waals surface area (Å²) in [6.45, 7) is 0.618. The zero-order valence-corrected chi connectivity index (χ0v) is 12.5. The molecule has 0 heterocycles. The Hall–Kier alpha value is -2.62. The molecule has 0 spiro atoms. The zero-order valence-electron chi connectivity index (χ0n) is 12.5. The number of hydrogen-bond donors (Lipinski definition) is 1. The smallest absolute Gasteiger partial charge is 0.337 e. The van der Waals surface area contributed by atoms with Gasteiger partial charge in [0.15, 0.2) is 0 Å². The third kappa shape index (κ3) is 4.45. The Morgan fingerprint density at radius 2 is 1.59 bits per heavy atom. The Labute approximate surface area is 130 Å². The van der Waals surface area contributed by atoms with Crippen molar-refractivity contribution >= 4 is 11.9 Å². The number of methoxy groups -OCH3 is 1. The van der Waals surface area contributed by atoms with Crippen LogP contribution in [0.15, 0.2) is 54.6 Å². The lowest BCUT2D eigenvalue weighted by atomic mass is 10.1. The van der Waals surface area contributed by atoms with Gasteiger partial charge < -0.3 is 10.1 Å². The maximum atomic E-state index is 12.0. The Bertz CT molecular complexity index is 621. The maximum absolute atomic E-state index is 12.0. The Kier molecular flexibility index (Phi) is 5.72. The van der Waals surface area contributed by atoms with Gasteiger partial charge in [-0.15, -0.1) is 0 Å². The van der Waals surface area contributed by atoms with Gasteiger partial charge >= 0.3 is 5.97 Å². The first kappa shape index (κ1) is 15.8. The lowest BCUT2D eigenvalue weighted by Gasteiger charge is -2.06. The van der Waals surface area contributed by atoms with Crippen molar-refractivity contribution in [2.75, 3.05) is 13.7 Å². The molecule has 0 atom stereocenters. The standard InChI is InChI=1S/C18H19NO3/c1-22-18(21)16-11-9-15(10-12-16)17(20)19-13-5-8-14-6-3-2-4-7-14/h2-4,6-7,9-12H,5,8,13H2,1H3,(H,19,20). The Morgan fingerprint density at radius 1 is 0.955 bits per heavy atom. The second kappa shape index (κ2) is 7.98. The van der Waals surface area contributed by atoms with Crippen molar-refractivity contribution in [3.05, 3.63) is 71.3 Å². The largest absolute Gasteiger partial charge is 0.465 e. The number of aryl methyl sites for hydroxylation is 1. The summed E-state index contributed by atoms with van der Waals surface area (Å²) in [4.78, 5) is 23.3. The zero-order chi connectivity index (χ0) is 15.8. The van der Waals surface area contributed by atoms with Crippen LogP contribution in [0.25, 0.3) is 0 Å². The van der Waals surface area contributed by atoms with Crippen molar-refractivity contribution in [2.24, 2.45) is 0 Å². The molecule has 4 heteroatoms. The summed E-state index contributed by atoms with van der Waals surface area (Å²) in [6.07, 6.45) is 1.82. The molecule has 2 aromatic rings. The molecule has 0 bridgehead atoms. The number of hydrogen-bond acceptors (Lipinski definition) is 3. The van der Waals surface area contributed by atoms with Gasteiger partial charge in [-0.05, 0) is 42.7 Å². The van der Waals surface area contributed by atoms with Crippen LogP contribution in [0.1, 0.15) is 32.7 Å². The van der Waals surface area contributed by atoms with Crippen LogP contribution >= 0.6 is 0 Å². The fourth-order valence-electron chi connectivity index (χ4n) is 2.12. The summed E-state index contributed by atoms with van der Waals surface area (Å²) < 4.78 is 4.62. The van der Waals surface area contributed by atoms with Gasteiger partial charge in [-0.2, -0.15) is 0 Å². The van der Waals surface area contributed by atoms with Crippen molar-refractivity contribution < 1.29 is 14.3 Å². The fourth-order valence-corrected chi connectivity index (χ4v) is 2.12. The minimum atomic E-state index is -0.408. The van der Waals surface area contributed by atoms with Gasteiger partial charge in [-0.3, -0.25) is 4.79 Å². The first-order valence-corrected chi connectivity index (χ1v) is 7.21. The van der Waals surface area contributed by atoms with E-state index in [2.05, 4.69) is 22.2 Å². The first-order chi connectivity index (χ1) is 10.7. The predicted molar refractivity (Wildman–Crippen MR) is 84.9 cm³/mol. The van der Waals surface area contributed by atoms with Crippen LogP contribution in [0, 0.1) is 0 Å². The molecule has 0 aliphatic rings. The quantitative estimate of drug-likeness (QED) is 0.659. The van der Waals surface area contributed by atoms with E-state index in [0.717, 1.165) is 12.8 Å². The molecule has 0 unspecified atom stereocenters. The molecule has 0 aliphatic heterocycles. The Morgan fingerprint density at radius 3 is 2.23 bits per heavy atom. The molecule has 2 rings (SSSR count). The average molecular weight is 297 g/mol. The number of benzene rings is 2. The maximum Gasteiger partial charge on any atom is 0.337 e. The topological polar surface area (TPSA) is 55.4 Å². The molecule has 1 N–H and O–H groups in total. The van der Waals surface area contributed by atoms with Crippen LogP contribution in [-0.4, -0.2) is 25.5 Å². The van der Waals surface area contributed by atoms with Crippen molar-refractivity contribution in [2.45, 2.75) is 12.8 Å². The number of rotatable bonds is 6. The van der Waals surface area contributed by atoms with Crippen molar-refractivity contribution in [3.8, 4) is 0 Å². The number of carbonyl (C=O) groups is 2. The highest BCUT2D eigenvalue weighted by molar-refractivity contribution is 5.96. The summed E-state index contributed by atoms with van der Waals surface area (Å²) in [5.74, 6) is -0.542. The van der Waals surface area contributed by atoms with Gasteiger partial charge in [-0.1, -0.05) is 30.3 Å². The second-order valence-corrected chi connectivity index (χ2v) is 4.91. The third-order valence-electron chi connectivity index (χ3n) is 3.34. The van der Waals surface area contributed by atoms with E-state index >= 15 is 0 Å². The molecule has 114 valence electrons. The van der Waals surface area contributed by atoms with E-state index in [0.29, 0.717) is 17.7 Å². The van der Waals surface area contributed by atoms with Crippen LogP contribution in [0.2, 0.25) is 0 Å². The summed E-state index contributed by atoms with van der Waals surface area (Å²) in [6, 6.07) is 16.6. The monoisotopic (exact) mass is 297 g/mol. The SMILES string of the molecule is COC(=O)c1ccc(C(=O)NCCCc2ccccc2)cc1. The van der Waals surface area contributed by atoms with Crippen LogP contribution in [-0.2, 0) is 11.2 Å². The molecular weight excluding hydrogens is 278 g/mol. The second-order valence-electron chi connectivity index (χ2n) is 4.91. The minimum absolute atomic E-state index is 0.135. The molecule has 0 aromatic heterocycles. The van der Waals surface area contributed by atoms with E-state index < -0.39 is 5.97 Å². The molecule has 0 radical (unpaired) electrons. The first-order valence-electron chi connectivity index (χ1n) is 7.21. The van der Waals surface area contributed by atoms with Crippen molar-refractivity contribution in [1.82, 2.24) is 5.32 Å². The predicted octanol–water partition coefficient (Wildman–Crippen LogP) is 2.84. The van der Waals surface area contributed by atoms with Gasteiger partial charge in [0.05, 0.1) is 12.7 Å². The highest BCUT2D eigenvalue weighted by Crippen LogP contribution is 2.06. The summed E-state index contributed by atoms with van der Waals surface area (Å²) in [7, 11) is 1.33. The van der Waals surface area contributed by atoms with Crippen LogP contribution < -0.4 is 5.32 Å². The van der Waals surface area contributed by atoms with Crippen LogP contribution in [0.5, 0.6) is 0 Å². The third-order valence-corrected chi connectivity index (χ3v) is 3.34. The highest BCUT2D eigenvalue weighted by Gasteiger charge is 2.08. The summed E-state index contributed by atoms with van der Waals surface area (Å²) >= 11 is 0. The molecule has 4 nitrogen and oxygen atoms in total. The molecule has 22 heavy (non-hydrogen) atoms. The number of amides is 1. The normalized spacial score (nSPS) is 10.0. The number of esters is 1. The van der Waals surface area contributed by atoms with Gasteiger partial charge in [0.25, 0.3) is 5.91 Å². The van der Waals surface area contributed by atoms with Gasteiger partial charge in [0.2, 0.25) is 0 Å². The lowest BCUT2D eigenvalue weighted by molar-refractivity contribution is 0.0600. The van der Waals surface area contributed by atoms with E-state index in [-0.39, 0.29) is 5.91 Å². The number of ether oxygens (including phenoxy) is 1. The average Bonchev–Trinajstić information content (AvgIpc) is 2.59. The highest BCUT2D eigenvalue weighted by atomic mass is 16.5. The van der Waals surface area contributed by atoms with E-state index in [9.17, 15) is 9.59 Å². The molecule has 0 aliphatic carbocycles. The Balaban J connectivity index is 1.78. The molecular formula is C18H19NO3. The summed E-state index contributed by atoms with van der Waals surface area (Å²) in [5.41, 5.74) is 2.23. The van der Waals surface area contributed by atoms with Gasteiger partial charge in [0, 0.05) is 12.1 Å². The molecule has 0 saturated heterocycles. The van der Waals surface area contributed by atoms with E-state index in [1.165, 1.54) is 12.7 Å². The number of nitrogens with one attached hydrogen (secondary N) is 1. The van der Waals surface area contributed by atoms with E-state index in [4.69, 9.17) is 0 Å². The molecule has 0 saturated carbocycles.